The third-order valence-electron chi connectivity index (χ3n) is 3.19. The molecular weight excluding hydrogens is 282 g/mol. The van der Waals surface area contributed by atoms with Crippen LogP contribution in [0, 0.1) is 0 Å². The predicted octanol–water partition coefficient (Wildman–Crippen LogP) is 2.03. The van der Waals surface area contributed by atoms with Gasteiger partial charge in [-0.05, 0) is 44.2 Å². The van der Waals surface area contributed by atoms with Gasteiger partial charge in [-0.25, -0.2) is 0 Å². The van der Waals surface area contributed by atoms with Gasteiger partial charge in [0.2, 0.25) is 5.91 Å². The molecule has 6 heteroatoms. The molecule has 0 saturated heterocycles. The van der Waals surface area contributed by atoms with Crippen molar-refractivity contribution in [2.24, 2.45) is 0 Å². The third kappa shape index (κ3) is 3.66. The van der Waals surface area contributed by atoms with Crippen LogP contribution in [-0.4, -0.2) is 17.1 Å². The van der Waals surface area contributed by atoms with Gasteiger partial charge in [0.05, 0.1) is 6.61 Å². The summed E-state index contributed by atoms with van der Waals surface area (Å²) >= 11 is 0. The van der Waals surface area contributed by atoms with Crippen molar-refractivity contribution in [1.82, 2.24) is 4.57 Å². The zero-order valence-corrected chi connectivity index (χ0v) is 12.6. The minimum atomic E-state index is -0.664. The van der Waals surface area contributed by atoms with Gasteiger partial charge < -0.3 is 20.4 Å². The maximum Gasteiger partial charge on any atom is 0.251 e. The van der Waals surface area contributed by atoms with Crippen LogP contribution in [0.5, 0.6) is 5.75 Å². The Hall–Kier alpha value is -2.76. The van der Waals surface area contributed by atoms with Crippen LogP contribution in [0.4, 0.5) is 11.4 Å². The molecule has 0 aliphatic rings. The van der Waals surface area contributed by atoms with Crippen molar-refractivity contribution in [2.45, 2.75) is 19.9 Å². The number of benzene rings is 1. The summed E-state index contributed by atoms with van der Waals surface area (Å²) in [5, 5.41) is 2.76. The highest BCUT2D eigenvalue weighted by atomic mass is 16.5. The molecule has 1 unspecified atom stereocenters. The van der Waals surface area contributed by atoms with Crippen molar-refractivity contribution in [2.75, 3.05) is 17.7 Å². The van der Waals surface area contributed by atoms with Crippen molar-refractivity contribution in [1.29, 1.82) is 0 Å². The number of nitrogens with two attached hydrogens (primary N) is 1. The Labute approximate surface area is 128 Å². The average Bonchev–Trinajstić information content (AvgIpc) is 2.51. The number of pyridine rings is 1. The Bertz CT molecular complexity index is 707. The van der Waals surface area contributed by atoms with Crippen LogP contribution in [-0.2, 0) is 4.79 Å². The van der Waals surface area contributed by atoms with Crippen molar-refractivity contribution >= 4 is 17.3 Å². The SMILES string of the molecule is CCOc1ccc(NC(=O)C(C)n2cc(N)ccc2=O)cc1. The fourth-order valence-electron chi connectivity index (χ4n) is 2.00. The van der Waals surface area contributed by atoms with E-state index < -0.39 is 6.04 Å². The van der Waals surface area contributed by atoms with Crippen molar-refractivity contribution in [3.8, 4) is 5.75 Å². The average molecular weight is 301 g/mol. The summed E-state index contributed by atoms with van der Waals surface area (Å²) in [5.74, 6) is 0.442. The van der Waals surface area contributed by atoms with E-state index in [0.717, 1.165) is 5.75 Å². The molecule has 22 heavy (non-hydrogen) atoms. The second kappa shape index (κ2) is 6.80. The minimum absolute atomic E-state index is 0.274. The highest BCUT2D eigenvalue weighted by Gasteiger charge is 2.16. The number of hydrogen-bond donors (Lipinski definition) is 2. The molecular formula is C16H19N3O3. The Kier molecular flexibility index (Phi) is 4.83. The van der Waals surface area contributed by atoms with Gasteiger partial charge >= 0.3 is 0 Å². The van der Waals surface area contributed by atoms with E-state index in [1.807, 2.05) is 6.92 Å². The molecule has 0 bridgehead atoms. The molecule has 1 heterocycles. The van der Waals surface area contributed by atoms with Crippen LogP contribution < -0.4 is 21.3 Å². The lowest BCUT2D eigenvalue weighted by molar-refractivity contribution is -0.118. The summed E-state index contributed by atoms with van der Waals surface area (Å²) in [6.45, 7) is 4.13. The van der Waals surface area contributed by atoms with Crippen LogP contribution in [0.15, 0.2) is 47.4 Å². The van der Waals surface area contributed by atoms with Crippen molar-refractivity contribution in [3.05, 3.63) is 52.9 Å². The number of aromatic nitrogens is 1. The summed E-state index contributed by atoms with van der Waals surface area (Å²) < 4.78 is 6.64. The summed E-state index contributed by atoms with van der Waals surface area (Å²) in [4.78, 5) is 24.0. The molecule has 0 radical (unpaired) electrons. The van der Waals surface area contributed by atoms with Crippen LogP contribution in [0.1, 0.15) is 19.9 Å². The zero-order valence-electron chi connectivity index (χ0n) is 12.6. The number of rotatable bonds is 5. The molecule has 0 fully saturated rings. The molecule has 2 aromatic rings. The normalized spacial score (nSPS) is 11.7. The van der Waals surface area contributed by atoms with Gasteiger partial charge in [-0.1, -0.05) is 0 Å². The fourth-order valence-corrected chi connectivity index (χ4v) is 2.00. The molecule has 0 saturated carbocycles. The van der Waals surface area contributed by atoms with Gasteiger partial charge in [0.15, 0.2) is 0 Å². The first-order chi connectivity index (χ1) is 10.5. The van der Waals surface area contributed by atoms with Gasteiger partial charge in [-0.15, -0.1) is 0 Å². The predicted molar refractivity (Wildman–Crippen MR) is 86.1 cm³/mol. The first-order valence-electron chi connectivity index (χ1n) is 7.02. The van der Waals surface area contributed by atoms with E-state index in [4.69, 9.17) is 10.5 Å². The summed E-state index contributed by atoms with van der Waals surface area (Å²) in [5.41, 5.74) is 6.45. The van der Waals surface area contributed by atoms with Crippen LogP contribution in [0.25, 0.3) is 0 Å². The van der Waals surface area contributed by atoms with E-state index in [0.29, 0.717) is 18.0 Å². The van der Waals surface area contributed by atoms with Gasteiger partial charge in [0, 0.05) is 23.6 Å². The number of nitrogens with one attached hydrogen (secondary N) is 1. The number of ether oxygens (including phenoxy) is 1. The number of carbonyl (C=O) groups excluding carboxylic acids is 1. The monoisotopic (exact) mass is 301 g/mol. The Morgan fingerprint density at radius 3 is 2.59 bits per heavy atom. The van der Waals surface area contributed by atoms with Gasteiger partial charge in [0.1, 0.15) is 11.8 Å². The van der Waals surface area contributed by atoms with Crippen LogP contribution >= 0.6 is 0 Å². The van der Waals surface area contributed by atoms with Gasteiger partial charge in [-0.2, -0.15) is 0 Å². The van der Waals surface area contributed by atoms with E-state index in [2.05, 4.69) is 5.32 Å². The largest absolute Gasteiger partial charge is 0.494 e. The zero-order chi connectivity index (χ0) is 16.1. The number of carbonyl (C=O) groups is 1. The summed E-state index contributed by atoms with van der Waals surface area (Å²) in [6.07, 6.45) is 1.46. The quantitative estimate of drug-likeness (QED) is 0.884. The number of nitrogen functional groups attached to an aromatic ring is 1. The van der Waals surface area contributed by atoms with E-state index >= 15 is 0 Å². The smallest absolute Gasteiger partial charge is 0.251 e. The maximum absolute atomic E-state index is 12.2. The maximum atomic E-state index is 12.2. The number of amides is 1. The highest BCUT2D eigenvalue weighted by molar-refractivity contribution is 5.93. The highest BCUT2D eigenvalue weighted by Crippen LogP contribution is 2.17. The third-order valence-corrected chi connectivity index (χ3v) is 3.19. The topological polar surface area (TPSA) is 86.3 Å². The molecule has 1 atom stereocenters. The molecule has 0 aliphatic carbocycles. The molecule has 3 N–H and O–H groups in total. The summed E-state index contributed by atoms with van der Waals surface area (Å²) in [6, 6.07) is 9.23. The lowest BCUT2D eigenvalue weighted by Crippen LogP contribution is -2.31. The standard InChI is InChI=1S/C16H19N3O3/c1-3-22-14-7-5-13(6-8-14)18-16(21)11(2)19-10-12(17)4-9-15(19)20/h4-11H,3,17H2,1-2H3,(H,18,21). The molecule has 1 aromatic carbocycles. The van der Waals surface area contributed by atoms with E-state index in [1.54, 1.807) is 31.2 Å². The molecule has 6 nitrogen and oxygen atoms in total. The lowest BCUT2D eigenvalue weighted by atomic mass is 10.2. The second-order valence-electron chi connectivity index (χ2n) is 4.83. The lowest BCUT2D eigenvalue weighted by Gasteiger charge is -2.15. The number of nitrogens with zero attached hydrogens (tertiary/aromatic N) is 1. The van der Waals surface area contributed by atoms with E-state index in [-0.39, 0.29) is 11.5 Å². The molecule has 1 amide bonds. The molecule has 0 aliphatic heterocycles. The van der Waals surface area contributed by atoms with Crippen LogP contribution in [0.2, 0.25) is 0 Å². The Balaban J connectivity index is 2.11. The molecule has 2 rings (SSSR count). The van der Waals surface area contributed by atoms with Gasteiger partial charge in [-0.3, -0.25) is 9.59 Å². The minimum Gasteiger partial charge on any atom is -0.494 e. The van der Waals surface area contributed by atoms with Crippen LogP contribution in [0.3, 0.4) is 0 Å². The van der Waals surface area contributed by atoms with E-state index in [1.165, 1.54) is 22.9 Å². The van der Waals surface area contributed by atoms with Gasteiger partial charge in [0.25, 0.3) is 5.56 Å². The first kappa shape index (κ1) is 15.6. The Morgan fingerprint density at radius 1 is 1.27 bits per heavy atom. The molecule has 1 aromatic heterocycles. The molecule has 116 valence electrons. The van der Waals surface area contributed by atoms with Crippen molar-refractivity contribution < 1.29 is 9.53 Å². The Morgan fingerprint density at radius 2 is 1.95 bits per heavy atom. The number of anilines is 2. The second-order valence-corrected chi connectivity index (χ2v) is 4.83. The van der Waals surface area contributed by atoms with E-state index in [9.17, 15) is 9.59 Å². The molecule has 0 spiro atoms. The number of hydrogen-bond acceptors (Lipinski definition) is 4. The van der Waals surface area contributed by atoms with Crippen molar-refractivity contribution in [3.63, 3.8) is 0 Å². The first-order valence-corrected chi connectivity index (χ1v) is 7.02. The summed E-state index contributed by atoms with van der Waals surface area (Å²) in [7, 11) is 0. The fraction of sp³-hybridized carbons (Fsp3) is 0.250.